The van der Waals surface area contributed by atoms with Crippen LogP contribution in [0.4, 0.5) is 0 Å². The molecule has 2 N–H and O–H groups in total. The molecule has 116 valence electrons. The zero-order valence-electron chi connectivity index (χ0n) is 12.8. The maximum absolute atomic E-state index is 6.33. The van der Waals surface area contributed by atoms with Crippen molar-refractivity contribution in [2.45, 2.75) is 58.5 Å². The van der Waals surface area contributed by atoms with Gasteiger partial charge in [-0.2, -0.15) is 5.10 Å². The number of hydrogen-bond donors (Lipinski definition) is 1. The molecule has 2 rings (SSSR count). The minimum atomic E-state index is 0.202. The number of nitrogens with two attached hydrogens (primary N) is 1. The van der Waals surface area contributed by atoms with E-state index < -0.39 is 0 Å². The number of nitrogens with zero attached hydrogens (tertiary/aromatic N) is 2. The van der Waals surface area contributed by atoms with Gasteiger partial charge in [0.15, 0.2) is 0 Å². The third kappa shape index (κ3) is 4.41. The van der Waals surface area contributed by atoms with Gasteiger partial charge in [-0.15, -0.1) is 11.3 Å². The summed E-state index contributed by atoms with van der Waals surface area (Å²) in [5.41, 5.74) is 8.71. The van der Waals surface area contributed by atoms with Crippen LogP contribution in [0.5, 0.6) is 0 Å². The van der Waals surface area contributed by atoms with E-state index in [1.54, 1.807) is 0 Å². The van der Waals surface area contributed by atoms with Crippen molar-refractivity contribution in [2.24, 2.45) is 5.73 Å². The first-order valence-corrected chi connectivity index (χ1v) is 9.34. The van der Waals surface area contributed by atoms with Crippen molar-refractivity contribution in [2.75, 3.05) is 0 Å². The Kier molecular flexibility index (Phi) is 6.45. The highest BCUT2D eigenvalue weighted by Crippen LogP contribution is 2.24. The van der Waals surface area contributed by atoms with E-state index in [0.29, 0.717) is 0 Å². The summed E-state index contributed by atoms with van der Waals surface area (Å²) in [7, 11) is 0. The first-order valence-electron chi connectivity index (χ1n) is 7.67. The normalized spacial score (nSPS) is 12.8. The standard InChI is InChI=1S/C16H24BrN3S/c1-3-14-16(17)15(20(4-2)19-14)11-12(18)7-5-8-13-9-6-10-21-13/h6,9-10,12H,3-5,7-8,11,18H2,1-2H3. The topological polar surface area (TPSA) is 43.8 Å². The van der Waals surface area contributed by atoms with Gasteiger partial charge in [0, 0.05) is 23.9 Å². The fourth-order valence-electron chi connectivity index (χ4n) is 2.56. The smallest absolute Gasteiger partial charge is 0.0766 e. The molecule has 0 bridgehead atoms. The Morgan fingerprint density at radius 3 is 2.86 bits per heavy atom. The van der Waals surface area contributed by atoms with E-state index in [4.69, 9.17) is 5.73 Å². The van der Waals surface area contributed by atoms with Crippen LogP contribution in [-0.4, -0.2) is 15.8 Å². The lowest BCUT2D eigenvalue weighted by atomic mass is 10.0. The highest BCUT2D eigenvalue weighted by molar-refractivity contribution is 9.10. The molecule has 0 aliphatic rings. The Labute approximate surface area is 139 Å². The van der Waals surface area contributed by atoms with Gasteiger partial charge in [-0.3, -0.25) is 4.68 Å². The number of aromatic nitrogens is 2. The monoisotopic (exact) mass is 369 g/mol. The van der Waals surface area contributed by atoms with Crippen molar-refractivity contribution in [1.29, 1.82) is 0 Å². The van der Waals surface area contributed by atoms with Gasteiger partial charge in [0.1, 0.15) is 0 Å². The highest BCUT2D eigenvalue weighted by Gasteiger charge is 2.16. The molecule has 0 amide bonds. The molecular weight excluding hydrogens is 346 g/mol. The molecule has 2 heterocycles. The van der Waals surface area contributed by atoms with Gasteiger partial charge >= 0.3 is 0 Å². The predicted octanol–water partition coefficient (Wildman–Crippen LogP) is 4.18. The average Bonchev–Trinajstić information content (AvgIpc) is 3.08. The van der Waals surface area contributed by atoms with Crippen LogP contribution >= 0.6 is 27.3 Å². The maximum atomic E-state index is 6.33. The number of hydrogen-bond acceptors (Lipinski definition) is 3. The lowest BCUT2D eigenvalue weighted by Gasteiger charge is -2.13. The summed E-state index contributed by atoms with van der Waals surface area (Å²) in [6.07, 6.45) is 5.20. The van der Waals surface area contributed by atoms with Crippen molar-refractivity contribution in [3.63, 3.8) is 0 Å². The van der Waals surface area contributed by atoms with Gasteiger partial charge in [0.05, 0.1) is 15.9 Å². The molecule has 0 saturated carbocycles. The molecule has 1 atom stereocenters. The van der Waals surface area contributed by atoms with Gasteiger partial charge in [-0.05, 0) is 60.0 Å². The van der Waals surface area contributed by atoms with E-state index in [1.807, 2.05) is 11.3 Å². The molecule has 0 aliphatic heterocycles. The SMILES string of the molecule is CCc1nn(CC)c(CC(N)CCCc2cccs2)c1Br. The summed E-state index contributed by atoms with van der Waals surface area (Å²) in [6, 6.07) is 4.52. The molecule has 0 radical (unpaired) electrons. The Morgan fingerprint density at radius 2 is 2.24 bits per heavy atom. The second-order valence-corrected chi connectivity index (χ2v) is 7.14. The molecule has 2 aromatic rings. The molecule has 0 aromatic carbocycles. The van der Waals surface area contributed by atoms with Crippen LogP contribution in [-0.2, 0) is 25.8 Å². The molecule has 0 saturated heterocycles. The third-order valence-corrected chi connectivity index (χ3v) is 5.58. The number of halogens is 1. The Hall–Kier alpha value is -0.650. The molecular formula is C16H24BrN3S. The maximum Gasteiger partial charge on any atom is 0.0766 e. The predicted molar refractivity (Wildman–Crippen MR) is 93.9 cm³/mol. The fraction of sp³-hybridized carbons (Fsp3) is 0.562. The van der Waals surface area contributed by atoms with Crippen LogP contribution in [0.3, 0.4) is 0 Å². The molecule has 2 aromatic heterocycles. The van der Waals surface area contributed by atoms with E-state index in [9.17, 15) is 0 Å². The molecule has 3 nitrogen and oxygen atoms in total. The highest BCUT2D eigenvalue weighted by atomic mass is 79.9. The van der Waals surface area contributed by atoms with E-state index >= 15 is 0 Å². The van der Waals surface area contributed by atoms with E-state index in [2.05, 4.69) is 57.1 Å². The van der Waals surface area contributed by atoms with Crippen molar-refractivity contribution in [3.8, 4) is 0 Å². The van der Waals surface area contributed by atoms with Crippen LogP contribution in [0.2, 0.25) is 0 Å². The molecule has 1 unspecified atom stereocenters. The third-order valence-electron chi connectivity index (χ3n) is 3.73. The lowest BCUT2D eigenvalue weighted by molar-refractivity contribution is 0.539. The fourth-order valence-corrected chi connectivity index (χ4v) is 4.03. The second kappa shape index (κ2) is 8.11. The summed E-state index contributed by atoms with van der Waals surface area (Å²) in [6.45, 7) is 5.17. The first-order chi connectivity index (χ1) is 10.2. The van der Waals surface area contributed by atoms with Crippen molar-refractivity contribution < 1.29 is 0 Å². The van der Waals surface area contributed by atoms with Crippen LogP contribution in [0, 0.1) is 0 Å². The first kappa shape index (κ1) is 16.7. The van der Waals surface area contributed by atoms with Crippen LogP contribution in [0.15, 0.2) is 22.0 Å². The van der Waals surface area contributed by atoms with Gasteiger partial charge in [0.25, 0.3) is 0 Å². The zero-order valence-corrected chi connectivity index (χ0v) is 15.2. The number of aryl methyl sites for hydroxylation is 3. The van der Waals surface area contributed by atoms with Gasteiger partial charge in [0.2, 0.25) is 0 Å². The number of rotatable bonds is 8. The summed E-state index contributed by atoms with van der Waals surface area (Å²) in [5, 5.41) is 6.77. The minimum absolute atomic E-state index is 0.202. The van der Waals surface area contributed by atoms with Gasteiger partial charge in [-0.25, -0.2) is 0 Å². The van der Waals surface area contributed by atoms with E-state index in [0.717, 1.165) is 48.8 Å². The minimum Gasteiger partial charge on any atom is -0.327 e. The summed E-state index contributed by atoms with van der Waals surface area (Å²) < 4.78 is 3.24. The Bertz CT molecular complexity index is 548. The van der Waals surface area contributed by atoms with Crippen molar-refractivity contribution in [1.82, 2.24) is 9.78 Å². The van der Waals surface area contributed by atoms with E-state index in [-0.39, 0.29) is 6.04 Å². The molecule has 5 heteroatoms. The summed E-state index contributed by atoms with van der Waals surface area (Å²) in [4.78, 5) is 1.45. The molecule has 0 aliphatic carbocycles. The molecule has 21 heavy (non-hydrogen) atoms. The van der Waals surface area contributed by atoms with Gasteiger partial charge < -0.3 is 5.73 Å². The quantitative estimate of drug-likeness (QED) is 0.758. The largest absolute Gasteiger partial charge is 0.327 e. The number of thiophene rings is 1. The summed E-state index contributed by atoms with van der Waals surface area (Å²) in [5.74, 6) is 0. The Morgan fingerprint density at radius 1 is 1.43 bits per heavy atom. The second-order valence-electron chi connectivity index (χ2n) is 5.31. The zero-order chi connectivity index (χ0) is 15.2. The van der Waals surface area contributed by atoms with Crippen LogP contribution < -0.4 is 5.73 Å². The van der Waals surface area contributed by atoms with Crippen molar-refractivity contribution >= 4 is 27.3 Å². The Balaban J connectivity index is 1.89. The average molecular weight is 370 g/mol. The van der Waals surface area contributed by atoms with E-state index in [1.165, 1.54) is 10.6 Å². The van der Waals surface area contributed by atoms with Gasteiger partial charge in [-0.1, -0.05) is 13.0 Å². The van der Waals surface area contributed by atoms with Crippen LogP contribution in [0.25, 0.3) is 0 Å². The van der Waals surface area contributed by atoms with Crippen LogP contribution in [0.1, 0.15) is 43.0 Å². The molecule has 0 fully saturated rings. The molecule has 0 spiro atoms. The lowest BCUT2D eigenvalue weighted by Crippen LogP contribution is -2.24. The van der Waals surface area contributed by atoms with Crippen molar-refractivity contribution in [3.05, 3.63) is 38.3 Å². The summed E-state index contributed by atoms with van der Waals surface area (Å²) >= 11 is 5.53.